The molecule has 0 bridgehead atoms. The zero-order chi connectivity index (χ0) is 21.5. The van der Waals surface area contributed by atoms with Gasteiger partial charge in [-0.2, -0.15) is 10.5 Å². The minimum atomic E-state index is 0.0761. The van der Waals surface area contributed by atoms with Crippen molar-refractivity contribution in [2.24, 2.45) is 0 Å². The Morgan fingerprint density at radius 3 is 2.40 bits per heavy atom. The van der Waals surface area contributed by atoms with Crippen molar-refractivity contribution < 1.29 is 9.47 Å². The number of thioether (sulfide) groups is 1. The Balaban J connectivity index is 1.97. The van der Waals surface area contributed by atoms with E-state index in [0.29, 0.717) is 51.6 Å². The van der Waals surface area contributed by atoms with Gasteiger partial charge in [0.05, 0.1) is 17.9 Å². The first kappa shape index (κ1) is 21.4. The molecule has 0 fully saturated rings. The molecule has 0 atom stereocenters. The van der Waals surface area contributed by atoms with Crippen LogP contribution in [0.2, 0.25) is 0 Å². The van der Waals surface area contributed by atoms with Crippen molar-refractivity contribution in [1.29, 1.82) is 10.5 Å². The molecule has 3 rings (SSSR count). The van der Waals surface area contributed by atoms with Crippen molar-refractivity contribution >= 4 is 34.0 Å². The van der Waals surface area contributed by atoms with Crippen molar-refractivity contribution in [3.8, 4) is 29.0 Å². The van der Waals surface area contributed by atoms with Crippen LogP contribution < -0.4 is 16.2 Å². The quantitative estimate of drug-likeness (QED) is 0.399. The summed E-state index contributed by atoms with van der Waals surface area (Å²) in [5.74, 6) is 1.21. The number of thiazole rings is 1. The van der Waals surface area contributed by atoms with Gasteiger partial charge in [-0.25, -0.2) is 9.97 Å². The summed E-state index contributed by atoms with van der Waals surface area (Å²) in [6.07, 6.45) is 0. The third-order valence-corrected chi connectivity index (χ3v) is 5.77. The second kappa shape index (κ2) is 9.94. The summed E-state index contributed by atoms with van der Waals surface area (Å²) >= 11 is 2.67. The zero-order valence-corrected chi connectivity index (χ0v) is 17.7. The van der Waals surface area contributed by atoms with Crippen LogP contribution in [0.1, 0.15) is 16.8 Å². The predicted octanol–water partition coefficient (Wildman–Crippen LogP) is 3.43. The van der Waals surface area contributed by atoms with Gasteiger partial charge >= 0.3 is 0 Å². The van der Waals surface area contributed by atoms with Gasteiger partial charge in [-0.15, -0.1) is 11.3 Å². The number of hydrogen-bond acceptors (Lipinski definition) is 10. The molecule has 0 radical (unpaired) electrons. The number of pyridine rings is 1. The van der Waals surface area contributed by atoms with Crippen LogP contribution in [0, 0.1) is 22.7 Å². The van der Waals surface area contributed by atoms with Crippen molar-refractivity contribution in [2.45, 2.75) is 10.8 Å². The standard InChI is InChI=1S/C20H18N6O2S2/c1-27-6-7-28-14-4-2-12(3-5-14)17-15(8-21)18(23)26-19(16(17)9-22)29-10-13-11-30-20(24)25-13/h2-5,11H,6-7,10H2,1H3,(H2,23,26)(H2,24,25). The van der Waals surface area contributed by atoms with Gasteiger partial charge in [0.15, 0.2) is 5.13 Å². The molecule has 0 aliphatic rings. The van der Waals surface area contributed by atoms with E-state index in [9.17, 15) is 10.5 Å². The molecule has 2 heterocycles. The number of methoxy groups -OCH3 is 1. The summed E-state index contributed by atoms with van der Waals surface area (Å²) < 4.78 is 10.5. The Hall–Kier alpha value is -3.31. The Morgan fingerprint density at radius 2 is 1.80 bits per heavy atom. The molecule has 0 amide bonds. The second-order valence-corrected chi connectivity index (χ2v) is 7.84. The lowest BCUT2D eigenvalue weighted by atomic mass is 9.97. The van der Waals surface area contributed by atoms with Gasteiger partial charge in [0.25, 0.3) is 0 Å². The Morgan fingerprint density at radius 1 is 1.07 bits per heavy atom. The average molecular weight is 439 g/mol. The van der Waals surface area contributed by atoms with Crippen molar-refractivity contribution in [2.75, 3.05) is 31.8 Å². The van der Waals surface area contributed by atoms with Gasteiger partial charge in [-0.1, -0.05) is 23.9 Å². The smallest absolute Gasteiger partial charge is 0.180 e. The van der Waals surface area contributed by atoms with Gasteiger partial charge in [-0.05, 0) is 17.7 Å². The fourth-order valence-electron chi connectivity index (χ4n) is 2.68. The maximum Gasteiger partial charge on any atom is 0.180 e. The highest BCUT2D eigenvalue weighted by Crippen LogP contribution is 2.37. The Bertz CT molecular complexity index is 1120. The molecule has 0 saturated heterocycles. The summed E-state index contributed by atoms with van der Waals surface area (Å²) in [7, 11) is 1.60. The number of rotatable bonds is 8. The van der Waals surface area contributed by atoms with Crippen LogP contribution in [0.5, 0.6) is 5.75 Å². The van der Waals surface area contributed by atoms with Crippen LogP contribution in [0.4, 0.5) is 10.9 Å². The highest BCUT2D eigenvalue weighted by molar-refractivity contribution is 7.98. The normalized spacial score (nSPS) is 10.4. The van der Waals surface area contributed by atoms with E-state index >= 15 is 0 Å². The van der Waals surface area contributed by atoms with Gasteiger partial charge in [0.2, 0.25) is 0 Å². The van der Waals surface area contributed by atoms with Crippen LogP contribution in [0.25, 0.3) is 11.1 Å². The van der Waals surface area contributed by atoms with Crippen LogP contribution in [0.15, 0.2) is 34.7 Å². The van der Waals surface area contributed by atoms with E-state index in [-0.39, 0.29) is 11.4 Å². The third kappa shape index (κ3) is 4.81. The zero-order valence-electron chi connectivity index (χ0n) is 16.1. The van der Waals surface area contributed by atoms with Crippen LogP contribution in [-0.4, -0.2) is 30.3 Å². The van der Waals surface area contributed by atoms with E-state index in [1.807, 2.05) is 5.38 Å². The molecular formula is C20H18N6O2S2. The van der Waals surface area contributed by atoms with Crippen molar-refractivity contribution in [3.63, 3.8) is 0 Å². The van der Waals surface area contributed by atoms with Crippen LogP contribution in [-0.2, 0) is 10.5 Å². The van der Waals surface area contributed by atoms with Gasteiger partial charge in [-0.3, -0.25) is 0 Å². The fraction of sp³-hybridized carbons (Fsp3) is 0.200. The maximum absolute atomic E-state index is 9.84. The number of anilines is 2. The van der Waals surface area contributed by atoms with Crippen LogP contribution >= 0.6 is 23.1 Å². The topological polar surface area (TPSA) is 144 Å². The maximum atomic E-state index is 9.84. The van der Waals surface area contributed by atoms with E-state index in [4.69, 9.17) is 20.9 Å². The van der Waals surface area contributed by atoms with Crippen LogP contribution in [0.3, 0.4) is 0 Å². The molecule has 8 nitrogen and oxygen atoms in total. The second-order valence-electron chi connectivity index (χ2n) is 5.98. The van der Waals surface area contributed by atoms with E-state index in [2.05, 4.69) is 22.1 Å². The summed E-state index contributed by atoms with van der Waals surface area (Å²) in [5, 5.41) is 22.2. The molecule has 152 valence electrons. The van der Waals surface area contributed by atoms with E-state index in [0.717, 1.165) is 5.69 Å². The molecule has 0 spiro atoms. The van der Waals surface area contributed by atoms with E-state index in [1.165, 1.54) is 23.1 Å². The minimum Gasteiger partial charge on any atom is -0.491 e. The molecule has 10 heteroatoms. The summed E-state index contributed by atoms with van der Waals surface area (Å²) in [5.41, 5.74) is 14.1. The van der Waals surface area contributed by atoms with Gasteiger partial charge in [0, 0.05) is 23.8 Å². The molecule has 0 aliphatic heterocycles. The highest BCUT2D eigenvalue weighted by Gasteiger charge is 2.21. The largest absolute Gasteiger partial charge is 0.491 e. The molecular weight excluding hydrogens is 420 g/mol. The van der Waals surface area contributed by atoms with Crippen molar-refractivity contribution in [3.05, 3.63) is 46.5 Å². The predicted molar refractivity (Wildman–Crippen MR) is 117 cm³/mol. The number of nitrogens with two attached hydrogens (primary N) is 2. The molecule has 3 aromatic rings. The molecule has 0 saturated carbocycles. The molecule has 1 aromatic carbocycles. The van der Waals surface area contributed by atoms with Gasteiger partial charge < -0.3 is 20.9 Å². The first-order chi connectivity index (χ1) is 14.6. The van der Waals surface area contributed by atoms with Crippen molar-refractivity contribution in [1.82, 2.24) is 9.97 Å². The molecule has 2 aromatic heterocycles. The number of nitriles is 2. The number of aromatic nitrogens is 2. The van der Waals surface area contributed by atoms with E-state index in [1.54, 1.807) is 31.4 Å². The lowest BCUT2D eigenvalue weighted by Gasteiger charge is -2.13. The summed E-state index contributed by atoms with van der Waals surface area (Å²) in [4.78, 5) is 8.51. The fourth-order valence-corrected chi connectivity index (χ4v) is 4.24. The SMILES string of the molecule is COCCOc1ccc(-c2c(C#N)c(N)nc(SCc3csc(N)n3)c2C#N)cc1. The first-order valence-electron chi connectivity index (χ1n) is 8.75. The lowest BCUT2D eigenvalue weighted by Crippen LogP contribution is -2.05. The number of nitrogen functional groups attached to an aromatic ring is 2. The average Bonchev–Trinajstić information content (AvgIpc) is 3.17. The number of ether oxygens (including phenoxy) is 2. The summed E-state index contributed by atoms with van der Waals surface area (Å²) in [6, 6.07) is 11.4. The number of nitrogens with zero attached hydrogens (tertiary/aromatic N) is 4. The lowest BCUT2D eigenvalue weighted by molar-refractivity contribution is 0.146. The number of benzene rings is 1. The molecule has 30 heavy (non-hydrogen) atoms. The Kier molecular flexibility index (Phi) is 7.09. The Labute approximate surface area is 182 Å². The van der Waals surface area contributed by atoms with Gasteiger partial charge in [0.1, 0.15) is 40.9 Å². The minimum absolute atomic E-state index is 0.0761. The van der Waals surface area contributed by atoms with E-state index < -0.39 is 0 Å². The molecule has 4 N–H and O–H groups in total. The molecule has 0 aliphatic carbocycles. The molecule has 0 unspecified atom stereocenters. The monoisotopic (exact) mass is 438 g/mol. The number of hydrogen-bond donors (Lipinski definition) is 2. The highest BCUT2D eigenvalue weighted by atomic mass is 32.2. The third-order valence-electron chi connectivity index (χ3n) is 4.04. The summed E-state index contributed by atoms with van der Waals surface area (Å²) in [6.45, 7) is 0.901. The first-order valence-corrected chi connectivity index (χ1v) is 10.6.